The van der Waals surface area contributed by atoms with Crippen molar-refractivity contribution in [2.75, 3.05) is 12.3 Å². The summed E-state index contributed by atoms with van der Waals surface area (Å²) in [6, 6.07) is -0.218. The van der Waals surface area contributed by atoms with E-state index in [1.165, 1.54) is 12.8 Å². The van der Waals surface area contributed by atoms with Crippen molar-refractivity contribution in [1.29, 1.82) is 0 Å². The first-order chi connectivity index (χ1) is 10.1. The van der Waals surface area contributed by atoms with Crippen molar-refractivity contribution >= 4 is 23.6 Å². The van der Waals surface area contributed by atoms with Crippen LogP contribution in [0.2, 0.25) is 0 Å². The van der Waals surface area contributed by atoms with Crippen molar-refractivity contribution in [3.63, 3.8) is 0 Å². The van der Waals surface area contributed by atoms with Crippen molar-refractivity contribution in [3.05, 3.63) is 0 Å². The summed E-state index contributed by atoms with van der Waals surface area (Å²) in [5.41, 5.74) is 0. The van der Waals surface area contributed by atoms with Gasteiger partial charge in [-0.25, -0.2) is 4.79 Å². The number of carbonyl (C=O) groups is 2. The van der Waals surface area contributed by atoms with Crippen LogP contribution in [0.3, 0.4) is 0 Å². The fourth-order valence-corrected chi connectivity index (χ4v) is 4.69. The minimum Gasteiger partial charge on any atom is -0.480 e. The Kier molecular flexibility index (Phi) is 6.36. The van der Waals surface area contributed by atoms with E-state index in [0.717, 1.165) is 32.2 Å². The van der Waals surface area contributed by atoms with Crippen LogP contribution in [-0.4, -0.2) is 51.6 Å². The molecule has 0 spiro atoms. The number of carbonyl (C=O) groups excluding carboxylic acids is 1. The molecule has 21 heavy (non-hydrogen) atoms. The fraction of sp³-hybridized carbons (Fsp3) is 0.867. The maximum atomic E-state index is 12.5. The third-order valence-electron chi connectivity index (χ3n) is 4.32. The molecule has 2 rings (SSSR count). The Morgan fingerprint density at radius 3 is 2.76 bits per heavy atom. The predicted molar refractivity (Wildman–Crippen MR) is 84.3 cm³/mol. The number of carboxylic acid groups (broad SMARTS) is 1. The average Bonchev–Trinajstić information content (AvgIpc) is 2.90. The lowest BCUT2D eigenvalue weighted by molar-refractivity contribution is -0.149. The van der Waals surface area contributed by atoms with Gasteiger partial charge in [-0.2, -0.15) is 0 Å². The van der Waals surface area contributed by atoms with E-state index < -0.39 is 12.0 Å². The van der Waals surface area contributed by atoms with Gasteiger partial charge >= 0.3 is 5.97 Å². The lowest BCUT2D eigenvalue weighted by Gasteiger charge is -2.29. The van der Waals surface area contributed by atoms with E-state index in [1.54, 1.807) is 16.7 Å². The van der Waals surface area contributed by atoms with E-state index in [-0.39, 0.29) is 11.3 Å². The largest absolute Gasteiger partial charge is 0.480 e. The van der Waals surface area contributed by atoms with Crippen molar-refractivity contribution in [2.45, 2.75) is 69.3 Å². The van der Waals surface area contributed by atoms with Crippen molar-refractivity contribution in [2.24, 2.45) is 0 Å². The highest BCUT2D eigenvalue weighted by molar-refractivity contribution is 8.00. The maximum Gasteiger partial charge on any atom is 0.327 e. The van der Waals surface area contributed by atoms with Crippen LogP contribution in [0.1, 0.15) is 51.9 Å². The van der Waals surface area contributed by atoms with Crippen LogP contribution in [0.4, 0.5) is 0 Å². The van der Waals surface area contributed by atoms with Crippen LogP contribution in [-0.2, 0) is 9.59 Å². The third-order valence-corrected chi connectivity index (χ3v) is 5.68. The molecule has 0 bridgehead atoms. The molecule has 0 saturated carbocycles. The van der Waals surface area contributed by atoms with Gasteiger partial charge < -0.3 is 15.3 Å². The molecule has 2 aliphatic heterocycles. The number of hydrogen-bond donors (Lipinski definition) is 2. The van der Waals surface area contributed by atoms with Crippen molar-refractivity contribution in [1.82, 2.24) is 10.2 Å². The minimum atomic E-state index is -0.870. The molecule has 2 aliphatic rings. The SMILES string of the molecule is CCCC1SCC(C(=O)O)N1C(=O)CCC1CCCCN1. The van der Waals surface area contributed by atoms with Gasteiger partial charge in [0.1, 0.15) is 6.04 Å². The maximum absolute atomic E-state index is 12.5. The van der Waals surface area contributed by atoms with Crippen LogP contribution >= 0.6 is 11.8 Å². The topological polar surface area (TPSA) is 69.6 Å². The number of nitrogens with one attached hydrogen (secondary N) is 1. The van der Waals surface area contributed by atoms with Crippen LogP contribution in [0, 0.1) is 0 Å². The molecule has 5 nitrogen and oxygen atoms in total. The van der Waals surface area contributed by atoms with Crippen LogP contribution in [0.15, 0.2) is 0 Å². The quantitative estimate of drug-likeness (QED) is 0.785. The monoisotopic (exact) mass is 314 g/mol. The number of nitrogens with zero attached hydrogens (tertiary/aromatic N) is 1. The summed E-state index contributed by atoms with van der Waals surface area (Å²) < 4.78 is 0. The van der Waals surface area contributed by atoms with Gasteiger partial charge in [0.05, 0.1) is 5.37 Å². The highest BCUT2D eigenvalue weighted by Gasteiger charge is 2.40. The van der Waals surface area contributed by atoms with Gasteiger partial charge in [0.15, 0.2) is 0 Å². The molecule has 0 aromatic rings. The first-order valence-corrected chi connectivity index (χ1v) is 9.07. The van der Waals surface area contributed by atoms with Gasteiger partial charge in [0.25, 0.3) is 0 Å². The van der Waals surface area contributed by atoms with Crippen molar-refractivity contribution in [3.8, 4) is 0 Å². The molecule has 6 heteroatoms. The van der Waals surface area contributed by atoms with Crippen LogP contribution in [0.5, 0.6) is 0 Å². The molecule has 3 atom stereocenters. The van der Waals surface area contributed by atoms with Gasteiger partial charge in [-0.05, 0) is 32.2 Å². The Morgan fingerprint density at radius 2 is 2.14 bits per heavy atom. The van der Waals surface area contributed by atoms with Crippen LogP contribution < -0.4 is 5.32 Å². The molecule has 2 fully saturated rings. The molecule has 120 valence electrons. The molecular formula is C15H26N2O3S. The van der Waals surface area contributed by atoms with E-state index in [4.69, 9.17) is 0 Å². The van der Waals surface area contributed by atoms with Gasteiger partial charge in [-0.15, -0.1) is 11.8 Å². The van der Waals surface area contributed by atoms with Gasteiger partial charge in [-0.3, -0.25) is 4.79 Å². The summed E-state index contributed by atoms with van der Waals surface area (Å²) in [6.07, 6.45) is 6.70. The molecule has 3 unspecified atom stereocenters. The second kappa shape index (κ2) is 8.03. The van der Waals surface area contributed by atoms with E-state index in [1.807, 2.05) is 0 Å². The van der Waals surface area contributed by atoms with Crippen LogP contribution in [0.25, 0.3) is 0 Å². The molecule has 2 heterocycles. The first-order valence-electron chi connectivity index (χ1n) is 8.02. The molecule has 0 aromatic heterocycles. The van der Waals surface area contributed by atoms with E-state index >= 15 is 0 Å². The summed E-state index contributed by atoms with van der Waals surface area (Å²) in [5.74, 6) is -0.337. The van der Waals surface area contributed by atoms with E-state index in [2.05, 4.69) is 12.2 Å². The summed E-state index contributed by atoms with van der Waals surface area (Å²) >= 11 is 1.61. The normalized spacial score (nSPS) is 29.6. The number of carboxylic acids is 1. The highest BCUT2D eigenvalue weighted by Crippen LogP contribution is 2.33. The second-order valence-electron chi connectivity index (χ2n) is 5.92. The average molecular weight is 314 g/mol. The third kappa shape index (κ3) is 4.36. The summed E-state index contributed by atoms with van der Waals surface area (Å²) in [6.45, 7) is 3.11. The number of piperidine rings is 1. The molecule has 2 saturated heterocycles. The zero-order chi connectivity index (χ0) is 15.2. The molecule has 1 amide bonds. The van der Waals surface area contributed by atoms with Gasteiger partial charge in [-0.1, -0.05) is 19.8 Å². The zero-order valence-corrected chi connectivity index (χ0v) is 13.5. The van der Waals surface area contributed by atoms with Gasteiger partial charge in [0, 0.05) is 18.2 Å². The standard InChI is InChI=1S/C15H26N2O3S/c1-2-5-14-17(12(10-21-14)15(19)20)13(18)8-7-11-6-3-4-9-16-11/h11-12,14,16H,2-10H2,1H3,(H,19,20). The highest BCUT2D eigenvalue weighted by atomic mass is 32.2. The predicted octanol–water partition coefficient (Wildman–Crippen LogP) is 2.06. The number of aliphatic carboxylic acids is 1. The summed E-state index contributed by atoms with van der Waals surface area (Å²) in [4.78, 5) is 25.5. The number of thioether (sulfide) groups is 1. The Morgan fingerprint density at radius 1 is 1.33 bits per heavy atom. The molecular weight excluding hydrogens is 288 g/mol. The Balaban J connectivity index is 1.91. The Labute approximate surface area is 130 Å². The smallest absolute Gasteiger partial charge is 0.327 e. The van der Waals surface area contributed by atoms with Crippen molar-refractivity contribution < 1.29 is 14.7 Å². The van der Waals surface area contributed by atoms with Gasteiger partial charge in [0.2, 0.25) is 5.91 Å². The number of rotatable bonds is 6. The molecule has 2 N–H and O–H groups in total. The lowest BCUT2D eigenvalue weighted by Crippen LogP contribution is -2.46. The lowest BCUT2D eigenvalue weighted by atomic mass is 10.00. The fourth-order valence-electron chi connectivity index (χ4n) is 3.15. The number of amides is 1. The minimum absolute atomic E-state index is 0.0122. The molecule has 0 aromatic carbocycles. The second-order valence-corrected chi connectivity index (χ2v) is 7.13. The Bertz CT molecular complexity index is 372. The first kappa shape index (κ1) is 16.6. The summed E-state index contributed by atoms with van der Waals surface area (Å²) in [5, 5.41) is 12.8. The summed E-state index contributed by atoms with van der Waals surface area (Å²) in [7, 11) is 0. The van der Waals surface area contributed by atoms with E-state index in [0.29, 0.717) is 18.2 Å². The van der Waals surface area contributed by atoms with E-state index in [9.17, 15) is 14.7 Å². The zero-order valence-electron chi connectivity index (χ0n) is 12.7. The number of hydrogen-bond acceptors (Lipinski definition) is 4. The molecule has 0 radical (unpaired) electrons. The Hall–Kier alpha value is -0.750. The molecule has 0 aliphatic carbocycles.